The Balaban J connectivity index is 1.81. The molecule has 2 heterocycles. The minimum atomic E-state index is -0.749. The van der Waals surface area contributed by atoms with E-state index in [1.165, 1.54) is 6.33 Å². The molecule has 9 nitrogen and oxygen atoms in total. The topological polar surface area (TPSA) is 137 Å². The first kappa shape index (κ1) is 15.7. The molecule has 10 heteroatoms. The summed E-state index contributed by atoms with van der Waals surface area (Å²) >= 11 is 1.15. The second kappa shape index (κ2) is 6.54. The molecule has 0 unspecified atom stereocenters. The van der Waals surface area contributed by atoms with Crippen molar-refractivity contribution in [1.82, 2.24) is 25.1 Å². The van der Waals surface area contributed by atoms with Crippen LogP contribution in [0.3, 0.4) is 0 Å². The summed E-state index contributed by atoms with van der Waals surface area (Å²) in [5.41, 5.74) is 0.0999. The molecule has 2 aromatic heterocycles. The fraction of sp³-hybridized carbons (Fsp3) is 0.0714. The summed E-state index contributed by atoms with van der Waals surface area (Å²) in [4.78, 5) is 34.3. The Bertz CT molecular complexity index is 921. The van der Waals surface area contributed by atoms with E-state index in [4.69, 9.17) is 0 Å². The Morgan fingerprint density at radius 1 is 1.29 bits per heavy atom. The number of benzene rings is 1. The average Bonchev–Trinajstić information content (AvgIpc) is 3.09. The Labute approximate surface area is 139 Å². The van der Waals surface area contributed by atoms with Crippen LogP contribution in [0.4, 0.5) is 5.69 Å². The van der Waals surface area contributed by atoms with Crippen LogP contribution in [0.15, 0.2) is 40.5 Å². The van der Waals surface area contributed by atoms with Crippen LogP contribution in [0, 0.1) is 0 Å². The number of thioether (sulfide) groups is 1. The predicted octanol–water partition coefficient (Wildman–Crippen LogP) is 1.23. The molecule has 0 fully saturated rings. The van der Waals surface area contributed by atoms with Gasteiger partial charge in [-0.05, 0) is 30.5 Å². The van der Waals surface area contributed by atoms with E-state index in [1.807, 2.05) is 0 Å². The molecule has 0 aliphatic heterocycles. The molecule has 0 atom stereocenters. The molecule has 0 saturated carbocycles. The third-order valence-electron chi connectivity index (χ3n) is 3.13. The molecule has 0 spiro atoms. The number of carbonyl (C=O) groups excluding carboxylic acids is 1. The number of H-pyrrole nitrogens is 2. The van der Waals surface area contributed by atoms with Crippen LogP contribution in [-0.2, 0) is 0 Å². The van der Waals surface area contributed by atoms with E-state index < -0.39 is 22.9 Å². The van der Waals surface area contributed by atoms with Crippen molar-refractivity contribution < 1.29 is 9.90 Å². The number of aromatic hydroxyl groups is 1. The molecule has 0 aliphatic rings. The summed E-state index contributed by atoms with van der Waals surface area (Å²) in [5, 5.41) is 19.1. The van der Waals surface area contributed by atoms with Gasteiger partial charge in [0.1, 0.15) is 6.33 Å². The normalized spacial score (nSPS) is 10.5. The standard InChI is InChI=1S/C14H12N6O3S/c1-24-14-18-12(22)9(13(23)19-14)11(21)17-8-4-2-7(3-5-8)10-15-6-16-20-10/h2-6H,1H3,(H,17,21)(H,15,16,20)(H2,18,19,22,23). The van der Waals surface area contributed by atoms with Gasteiger partial charge >= 0.3 is 0 Å². The van der Waals surface area contributed by atoms with Gasteiger partial charge in [-0.2, -0.15) is 10.1 Å². The first-order valence-electron chi connectivity index (χ1n) is 6.73. The second-order valence-corrected chi connectivity index (χ2v) is 5.43. The SMILES string of the molecule is CSc1nc(O)c(C(=O)Nc2ccc(-c3ncn[nH]3)cc2)c(=O)[nH]1. The highest BCUT2D eigenvalue weighted by atomic mass is 32.2. The van der Waals surface area contributed by atoms with Crippen molar-refractivity contribution in [2.75, 3.05) is 11.6 Å². The molecule has 24 heavy (non-hydrogen) atoms. The maximum atomic E-state index is 12.2. The number of hydrogen-bond donors (Lipinski definition) is 4. The Hall–Kier alpha value is -3.14. The van der Waals surface area contributed by atoms with Gasteiger partial charge in [-0.1, -0.05) is 11.8 Å². The zero-order chi connectivity index (χ0) is 17.1. The first-order valence-corrected chi connectivity index (χ1v) is 7.95. The smallest absolute Gasteiger partial charge is 0.268 e. The lowest BCUT2D eigenvalue weighted by atomic mass is 10.2. The maximum Gasteiger partial charge on any atom is 0.268 e. The van der Waals surface area contributed by atoms with Crippen LogP contribution in [0.5, 0.6) is 5.88 Å². The molecule has 0 radical (unpaired) electrons. The van der Waals surface area contributed by atoms with E-state index in [0.29, 0.717) is 11.5 Å². The van der Waals surface area contributed by atoms with Gasteiger partial charge < -0.3 is 15.4 Å². The van der Waals surface area contributed by atoms with E-state index in [0.717, 1.165) is 17.3 Å². The number of rotatable bonds is 4. The highest BCUT2D eigenvalue weighted by Gasteiger charge is 2.19. The summed E-state index contributed by atoms with van der Waals surface area (Å²) in [5.74, 6) is -0.765. The number of hydrogen-bond acceptors (Lipinski definition) is 7. The van der Waals surface area contributed by atoms with Crippen LogP contribution in [0.1, 0.15) is 10.4 Å². The third kappa shape index (κ3) is 3.13. The van der Waals surface area contributed by atoms with Crippen molar-refractivity contribution in [3.63, 3.8) is 0 Å². The Morgan fingerprint density at radius 2 is 2.04 bits per heavy atom. The fourth-order valence-corrected chi connectivity index (χ4v) is 2.36. The second-order valence-electron chi connectivity index (χ2n) is 4.64. The molecular weight excluding hydrogens is 332 g/mol. The van der Waals surface area contributed by atoms with Crippen molar-refractivity contribution >= 4 is 23.4 Å². The van der Waals surface area contributed by atoms with E-state index in [-0.39, 0.29) is 5.16 Å². The van der Waals surface area contributed by atoms with Crippen molar-refractivity contribution in [2.45, 2.75) is 5.16 Å². The lowest BCUT2D eigenvalue weighted by Gasteiger charge is -2.07. The summed E-state index contributed by atoms with van der Waals surface area (Å²) in [6.07, 6.45) is 3.08. The Morgan fingerprint density at radius 3 is 2.62 bits per heavy atom. The number of aromatic nitrogens is 5. The number of carbonyl (C=O) groups is 1. The zero-order valence-electron chi connectivity index (χ0n) is 12.4. The molecule has 122 valence electrons. The average molecular weight is 344 g/mol. The summed E-state index contributed by atoms with van der Waals surface area (Å²) in [6, 6.07) is 6.75. The number of anilines is 1. The van der Waals surface area contributed by atoms with Crippen LogP contribution < -0.4 is 10.9 Å². The number of nitrogens with one attached hydrogen (secondary N) is 3. The highest BCUT2D eigenvalue weighted by molar-refractivity contribution is 7.98. The largest absolute Gasteiger partial charge is 0.493 e. The van der Waals surface area contributed by atoms with Crippen molar-refractivity contribution in [2.24, 2.45) is 0 Å². The molecule has 3 rings (SSSR count). The lowest BCUT2D eigenvalue weighted by molar-refractivity contribution is 0.102. The van der Waals surface area contributed by atoms with E-state index in [1.54, 1.807) is 30.5 Å². The summed E-state index contributed by atoms with van der Waals surface area (Å²) in [7, 11) is 0. The van der Waals surface area contributed by atoms with Crippen LogP contribution in [0.2, 0.25) is 0 Å². The van der Waals surface area contributed by atoms with Gasteiger partial charge in [-0.25, -0.2) is 4.98 Å². The van der Waals surface area contributed by atoms with Gasteiger partial charge in [0.05, 0.1) is 0 Å². The van der Waals surface area contributed by atoms with Gasteiger partial charge in [0.2, 0.25) is 5.88 Å². The van der Waals surface area contributed by atoms with E-state index >= 15 is 0 Å². The first-order chi connectivity index (χ1) is 11.6. The number of amides is 1. The van der Waals surface area contributed by atoms with Crippen molar-refractivity contribution in [3.8, 4) is 17.3 Å². The predicted molar refractivity (Wildman–Crippen MR) is 88.1 cm³/mol. The van der Waals surface area contributed by atoms with Gasteiger partial charge in [0.15, 0.2) is 16.5 Å². The fourth-order valence-electron chi connectivity index (χ4n) is 1.99. The number of nitrogens with zero attached hydrogens (tertiary/aromatic N) is 3. The van der Waals surface area contributed by atoms with Gasteiger partial charge in [0, 0.05) is 11.3 Å². The van der Waals surface area contributed by atoms with E-state index in [2.05, 4.69) is 30.5 Å². The monoisotopic (exact) mass is 344 g/mol. The third-order valence-corrected chi connectivity index (χ3v) is 3.71. The van der Waals surface area contributed by atoms with E-state index in [9.17, 15) is 14.7 Å². The molecule has 1 amide bonds. The van der Waals surface area contributed by atoms with Crippen LogP contribution in [-0.4, -0.2) is 42.4 Å². The molecule has 0 bridgehead atoms. The molecule has 3 aromatic rings. The Kier molecular flexibility index (Phi) is 4.29. The van der Waals surface area contributed by atoms with Crippen molar-refractivity contribution in [3.05, 3.63) is 46.5 Å². The summed E-state index contributed by atoms with van der Waals surface area (Å²) < 4.78 is 0. The van der Waals surface area contributed by atoms with Crippen molar-refractivity contribution in [1.29, 1.82) is 0 Å². The molecule has 4 N–H and O–H groups in total. The highest BCUT2D eigenvalue weighted by Crippen LogP contribution is 2.19. The molecular formula is C14H12N6O3S. The van der Waals surface area contributed by atoms with Crippen LogP contribution in [0.25, 0.3) is 11.4 Å². The van der Waals surface area contributed by atoms with Gasteiger partial charge in [0.25, 0.3) is 11.5 Å². The quantitative estimate of drug-likeness (QED) is 0.413. The minimum Gasteiger partial charge on any atom is -0.493 e. The molecule has 0 aliphatic carbocycles. The van der Waals surface area contributed by atoms with Gasteiger partial charge in [-0.15, -0.1) is 0 Å². The molecule has 1 aromatic carbocycles. The minimum absolute atomic E-state index is 0.227. The zero-order valence-corrected chi connectivity index (χ0v) is 13.2. The van der Waals surface area contributed by atoms with Gasteiger partial charge in [-0.3, -0.25) is 14.7 Å². The lowest BCUT2D eigenvalue weighted by Crippen LogP contribution is -2.24. The maximum absolute atomic E-state index is 12.2. The summed E-state index contributed by atoms with van der Waals surface area (Å²) in [6.45, 7) is 0. The van der Waals surface area contributed by atoms with Crippen LogP contribution >= 0.6 is 11.8 Å². The number of aromatic amines is 2. The molecule has 0 saturated heterocycles.